The molecule has 2 saturated heterocycles. The van der Waals surface area contributed by atoms with E-state index in [1.807, 2.05) is 4.90 Å². The summed E-state index contributed by atoms with van der Waals surface area (Å²) < 4.78 is 9.98. The topological polar surface area (TPSA) is 96.3 Å². The van der Waals surface area contributed by atoms with Crippen molar-refractivity contribution in [2.75, 3.05) is 14.2 Å². The maximum atomic E-state index is 12.4. The number of nitrogens with zero attached hydrogens (tertiary/aromatic N) is 1. The Morgan fingerprint density at radius 2 is 1.88 bits per heavy atom. The minimum atomic E-state index is -2.34. The molecule has 7 nitrogen and oxygen atoms in total. The van der Waals surface area contributed by atoms with Crippen molar-refractivity contribution < 1.29 is 29.3 Å². The van der Waals surface area contributed by atoms with E-state index in [-0.39, 0.29) is 18.0 Å². The Labute approximate surface area is 139 Å². The highest BCUT2D eigenvalue weighted by molar-refractivity contribution is 5.90. The molecule has 2 heterocycles. The van der Waals surface area contributed by atoms with Gasteiger partial charge in [-0.1, -0.05) is 18.2 Å². The summed E-state index contributed by atoms with van der Waals surface area (Å²) >= 11 is 0. The number of carbonyl (C=O) groups excluding carboxylic acids is 2. The molecule has 2 bridgehead atoms. The van der Waals surface area contributed by atoms with E-state index in [0.717, 1.165) is 7.11 Å². The number of hydrogen-bond donors (Lipinski definition) is 2. The molecule has 130 valence electrons. The molecule has 0 radical (unpaired) electrons. The van der Waals surface area contributed by atoms with E-state index in [1.165, 1.54) is 12.1 Å². The van der Waals surface area contributed by atoms with Crippen molar-refractivity contribution in [2.24, 2.45) is 0 Å². The van der Waals surface area contributed by atoms with Crippen LogP contribution in [-0.2, 0) is 14.3 Å². The van der Waals surface area contributed by atoms with Crippen LogP contribution in [0, 0.1) is 0 Å². The largest absolute Gasteiger partial charge is 0.467 e. The van der Waals surface area contributed by atoms with Crippen molar-refractivity contribution in [1.29, 1.82) is 0 Å². The van der Waals surface area contributed by atoms with Crippen LogP contribution in [-0.4, -0.2) is 64.7 Å². The molecule has 2 N–H and O–H groups in total. The number of piperidine rings is 1. The molecule has 2 aliphatic rings. The van der Waals surface area contributed by atoms with Gasteiger partial charge in [0.15, 0.2) is 0 Å². The van der Waals surface area contributed by atoms with Crippen LogP contribution < -0.4 is 0 Å². The lowest BCUT2D eigenvalue weighted by molar-refractivity contribution is -0.305. The van der Waals surface area contributed by atoms with E-state index >= 15 is 0 Å². The smallest absolute Gasteiger partial charge is 0.346 e. The van der Waals surface area contributed by atoms with Crippen molar-refractivity contribution in [3.8, 4) is 0 Å². The van der Waals surface area contributed by atoms with Gasteiger partial charge in [-0.3, -0.25) is 4.90 Å². The Morgan fingerprint density at radius 3 is 2.50 bits per heavy atom. The van der Waals surface area contributed by atoms with Gasteiger partial charge in [0, 0.05) is 12.5 Å². The van der Waals surface area contributed by atoms with Crippen LogP contribution in [0.1, 0.15) is 29.6 Å². The number of ether oxygens (including phenoxy) is 2. The lowest BCUT2D eigenvalue weighted by Crippen LogP contribution is -2.74. The third kappa shape index (κ3) is 2.31. The number of rotatable bonds is 3. The fourth-order valence-corrected chi connectivity index (χ4v) is 3.85. The van der Waals surface area contributed by atoms with Gasteiger partial charge in [0.1, 0.15) is 0 Å². The Kier molecular flexibility index (Phi) is 4.11. The molecule has 3 rings (SSSR count). The molecule has 0 aliphatic carbocycles. The zero-order valence-electron chi connectivity index (χ0n) is 13.6. The minimum Gasteiger partial charge on any atom is -0.467 e. The molecule has 0 saturated carbocycles. The zero-order chi connectivity index (χ0) is 17.5. The van der Waals surface area contributed by atoms with Crippen molar-refractivity contribution in [2.45, 2.75) is 42.7 Å². The molecule has 2 fully saturated rings. The lowest BCUT2D eigenvalue weighted by Gasteiger charge is -2.50. The van der Waals surface area contributed by atoms with E-state index in [1.54, 1.807) is 25.2 Å². The van der Waals surface area contributed by atoms with Gasteiger partial charge in [-0.05, 0) is 32.0 Å². The van der Waals surface area contributed by atoms with Gasteiger partial charge >= 0.3 is 11.9 Å². The number of fused-ring (bicyclic) bond motifs is 2. The molecule has 1 aromatic carbocycles. The molecular formula is C17H21NO6. The molecule has 0 spiro atoms. The van der Waals surface area contributed by atoms with E-state index in [2.05, 4.69) is 0 Å². The fraction of sp³-hybridized carbons (Fsp3) is 0.529. The number of esters is 2. The van der Waals surface area contributed by atoms with Crippen molar-refractivity contribution >= 4 is 11.9 Å². The molecule has 7 heteroatoms. The number of aliphatic hydroxyl groups is 2. The first-order chi connectivity index (χ1) is 11.3. The Hall–Kier alpha value is -1.96. The number of carbonyl (C=O) groups is 2. The summed E-state index contributed by atoms with van der Waals surface area (Å²) in [6.07, 6.45) is 1.12. The van der Waals surface area contributed by atoms with Crippen molar-refractivity contribution in [1.82, 2.24) is 4.90 Å². The Balaban J connectivity index is 1.97. The summed E-state index contributed by atoms with van der Waals surface area (Å²) in [7, 11) is 2.90. The second-order valence-corrected chi connectivity index (χ2v) is 6.41. The zero-order valence-corrected chi connectivity index (χ0v) is 13.6. The number of likely N-dealkylation sites (N-methyl/N-ethyl adjacent to an activating group) is 1. The van der Waals surface area contributed by atoms with Gasteiger partial charge in [-0.15, -0.1) is 0 Å². The van der Waals surface area contributed by atoms with E-state index < -0.39 is 29.4 Å². The fourth-order valence-electron chi connectivity index (χ4n) is 3.85. The van der Waals surface area contributed by atoms with E-state index in [9.17, 15) is 19.8 Å². The highest BCUT2D eigenvalue weighted by Gasteiger charge is 2.70. The van der Waals surface area contributed by atoms with Crippen LogP contribution in [0.3, 0.4) is 0 Å². The average molecular weight is 335 g/mol. The lowest BCUT2D eigenvalue weighted by atomic mass is 9.79. The Bertz CT molecular complexity index is 650. The standard InChI is InChI=1S/C17H21NO6/c1-18-12-8-9-13(18)17(22,15(20)23-2)16(21,10-12)24-14(19)11-6-4-3-5-7-11/h3-7,12-13,21-22H,8-10H2,1-2H3/t12-,13+,16+,17+/m1/s1. The molecule has 0 amide bonds. The molecule has 0 unspecified atom stereocenters. The quantitative estimate of drug-likeness (QED) is 0.606. The summed E-state index contributed by atoms with van der Waals surface area (Å²) in [5.74, 6) is -4.15. The second-order valence-electron chi connectivity index (χ2n) is 6.41. The SMILES string of the molecule is COC(=O)[C@@]1(O)[C@@H]2CC[C@H](C[C@]1(O)OC(=O)c1ccccc1)N2C. The third-order valence-electron chi connectivity index (χ3n) is 5.20. The second kappa shape index (κ2) is 5.84. The summed E-state index contributed by atoms with van der Waals surface area (Å²) in [6.45, 7) is 0. The number of methoxy groups -OCH3 is 1. The van der Waals surface area contributed by atoms with Gasteiger partial charge in [-0.25, -0.2) is 9.59 Å². The maximum Gasteiger partial charge on any atom is 0.346 e. The summed E-state index contributed by atoms with van der Waals surface area (Å²) in [6, 6.07) is 7.35. The van der Waals surface area contributed by atoms with E-state index in [4.69, 9.17) is 9.47 Å². The first-order valence-electron chi connectivity index (χ1n) is 7.87. The highest BCUT2D eigenvalue weighted by atomic mass is 16.7. The van der Waals surface area contributed by atoms with Gasteiger partial charge < -0.3 is 19.7 Å². The average Bonchev–Trinajstić information content (AvgIpc) is 2.88. The molecule has 4 atom stereocenters. The van der Waals surface area contributed by atoms with E-state index in [0.29, 0.717) is 12.8 Å². The Morgan fingerprint density at radius 1 is 1.21 bits per heavy atom. The summed E-state index contributed by atoms with van der Waals surface area (Å²) in [5.41, 5.74) is -2.11. The summed E-state index contributed by atoms with van der Waals surface area (Å²) in [4.78, 5) is 26.5. The molecular weight excluding hydrogens is 314 g/mol. The molecule has 24 heavy (non-hydrogen) atoms. The summed E-state index contributed by atoms with van der Waals surface area (Å²) in [5, 5.41) is 22.1. The normalized spacial score (nSPS) is 35.5. The predicted molar refractivity (Wildman–Crippen MR) is 83.0 cm³/mol. The first-order valence-corrected chi connectivity index (χ1v) is 7.87. The first kappa shape index (κ1) is 16.9. The molecule has 1 aromatic rings. The van der Waals surface area contributed by atoms with Gasteiger partial charge in [0.05, 0.1) is 18.7 Å². The number of benzene rings is 1. The molecule has 0 aromatic heterocycles. The molecule has 2 aliphatic heterocycles. The monoisotopic (exact) mass is 335 g/mol. The minimum absolute atomic E-state index is 0.0653. The van der Waals surface area contributed by atoms with Crippen LogP contribution in [0.15, 0.2) is 30.3 Å². The third-order valence-corrected chi connectivity index (χ3v) is 5.20. The van der Waals surface area contributed by atoms with Crippen molar-refractivity contribution in [3.05, 3.63) is 35.9 Å². The predicted octanol–water partition coefficient (Wildman–Crippen LogP) is 0.303. The van der Waals surface area contributed by atoms with Crippen LogP contribution >= 0.6 is 0 Å². The van der Waals surface area contributed by atoms with Crippen LogP contribution in [0.2, 0.25) is 0 Å². The van der Waals surface area contributed by atoms with Gasteiger partial charge in [-0.2, -0.15) is 0 Å². The number of hydrogen-bond acceptors (Lipinski definition) is 7. The maximum absolute atomic E-state index is 12.4. The van der Waals surface area contributed by atoms with Gasteiger partial charge in [0.25, 0.3) is 5.79 Å². The van der Waals surface area contributed by atoms with Crippen LogP contribution in [0.5, 0.6) is 0 Å². The highest BCUT2D eigenvalue weighted by Crippen LogP contribution is 2.47. The van der Waals surface area contributed by atoms with Crippen LogP contribution in [0.25, 0.3) is 0 Å². The van der Waals surface area contributed by atoms with Gasteiger partial charge in [0.2, 0.25) is 5.60 Å². The van der Waals surface area contributed by atoms with Crippen molar-refractivity contribution in [3.63, 3.8) is 0 Å². The van der Waals surface area contributed by atoms with Crippen LogP contribution in [0.4, 0.5) is 0 Å².